The third kappa shape index (κ3) is 5.08. The Kier molecular flexibility index (Phi) is 7.16. The first kappa shape index (κ1) is 24.1. The predicted molar refractivity (Wildman–Crippen MR) is 117 cm³/mol. The maximum Gasteiger partial charge on any atom is 0.417 e. The molecule has 1 fully saturated rings. The van der Waals surface area contributed by atoms with Crippen molar-refractivity contribution < 1.29 is 27.5 Å². The number of fused-ring (bicyclic) bond motifs is 1. The maximum absolute atomic E-state index is 13.7. The van der Waals surface area contributed by atoms with Gasteiger partial charge in [0.25, 0.3) is 5.91 Å². The summed E-state index contributed by atoms with van der Waals surface area (Å²) in [6.45, 7) is 5.10. The number of halogens is 3. The van der Waals surface area contributed by atoms with Gasteiger partial charge in [-0.15, -0.1) is 11.3 Å². The maximum atomic E-state index is 13.7. The zero-order chi connectivity index (χ0) is 23.6. The van der Waals surface area contributed by atoms with E-state index in [1.807, 2.05) is 13.8 Å². The number of pyridine rings is 1. The molecule has 1 N–H and O–H groups in total. The Balaban J connectivity index is 1.81. The quantitative estimate of drug-likeness (QED) is 0.700. The highest BCUT2D eigenvalue weighted by Gasteiger charge is 2.36. The number of alkyl halides is 3. The van der Waals surface area contributed by atoms with Crippen LogP contribution in [-0.4, -0.2) is 61.7 Å². The summed E-state index contributed by atoms with van der Waals surface area (Å²) >= 11 is 0.861. The number of carbonyl (C=O) groups is 2. The number of nitrogens with one attached hydrogen (secondary N) is 1. The summed E-state index contributed by atoms with van der Waals surface area (Å²) in [6, 6.07) is 0.979. The van der Waals surface area contributed by atoms with Gasteiger partial charge in [0.15, 0.2) is 0 Å². The smallest absolute Gasteiger partial charge is 0.417 e. The molecule has 2 aromatic heterocycles. The van der Waals surface area contributed by atoms with Crippen LogP contribution in [0.25, 0.3) is 10.2 Å². The van der Waals surface area contributed by atoms with Crippen LogP contribution < -0.4 is 10.2 Å². The van der Waals surface area contributed by atoms with Crippen molar-refractivity contribution in [2.75, 3.05) is 38.7 Å². The van der Waals surface area contributed by atoms with Crippen LogP contribution in [0.5, 0.6) is 0 Å². The van der Waals surface area contributed by atoms with Gasteiger partial charge in [0.1, 0.15) is 5.82 Å². The van der Waals surface area contributed by atoms with E-state index >= 15 is 0 Å². The molecule has 1 saturated heterocycles. The summed E-state index contributed by atoms with van der Waals surface area (Å²) < 4.78 is 46.4. The van der Waals surface area contributed by atoms with E-state index in [9.17, 15) is 22.8 Å². The van der Waals surface area contributed by atoms with Crippen molar-refractivity contribution in [1.29, 1.82) is 0 Å². The number of thiophene rings is 1. The first-order chi connectivity index (χ1) is 15.0. The van der Waals surface area contributed by atoms with E-state index in [0.717, 1.165) is 17.4 Å². The molecule has 0 saturated carbocycles. The summed E-state index contributed by atoms with van der Waals surface area (Å²) in [6.07, 6.45) is -3.83. The molecule has 0 spiro atoms. The summed E-state index contributed by atoms with van der Waals surface area (Å²) in [5, 5.41) is 3.85. The average Bonchev–Trinajstić information content (AvgIpc) is 3.19. The molecule has 0 radical (unpaired) electrons. The molecule has 0 bridgehead atoms. The lowest BCUT2D eigenvalue weighted by Gasteiger charge is -2.37. The monoisotopic (exact) mass is 472 g/mol. The molecule has 0 aromatic carbocycles. The predicted octanol–water partition coefficient (Wildman–Crippen LogP) is 4.37. The molecule has 2 aromatic rings. The SMILES string of the molecule is CNC(=O)c1csc2c(C(F)(F)F)cc(N3CCC(N(C)C(=O)OCC(C)C)CC3)nc12. The number of carbonyl (C=O) groups excluding carboxylic acids is 2. The summed E-state index contributed by atoms with van der Waals surface area (Å²) in [5.41, 5.74) is -0.618. The minimum atomic E-state index is -4.57. The minimum Gasteiger partial charge on any atom is -0.449 e. The van der Waals surface area contributed by atoms with Crippen molar-refractivity contribution in [2.24, 2.45) is 5.92 Å². The van der Waals surface area contributed by atoms with Crippen molar-refractivity contribution in [2.45, 2.75) is 38.9 Å². The van der Waals surface area contributed by atoms with Gasteiger partial charge in [-0.1, -0.05) is 13.8 Å². The normalized spacial score (nSPS) is 15.3. The summed E-state index contributed by atoms with van der Waals surface area (Å²) in [7, 11) is 3.10. The molecule has 0 aliphatic carbocycles. The molecule has 11 heteroatoms. The van der Waals surface area contributed by atoms with Crippen LogP contribution in [0, 0.1) is 5.92 Å². The van der Waals surface area contributed by atoms with Gasteiger partial charge in [0.05, 0.1) is 28.0 Å². The molecular formula is C21H27F3N4O3S. The van der Waals surface area contributed by atoms with E-state index in [2.05, 4.69) is 10.3 Å². The van der Waals surface area contributed by atoms with E-state index in [1.165, 1.54) is 12.4 Å². The van der Waals surface area contributed by atoms with Gasteiger partial charge >= 0.3 is 12.3 Å². The number of ether oxygens (including phenoxy) is 1. The first-order valence-electron chi connectivity index (χ1n) is 10.4. The van der Waals surface area contributed by atoms with Gasteiger partial charge in [-0.2, -0.15) is 13.2 Å². The topological polar surface area (TPSA) is 74.8 Å². The zero-order valence-corrected chi connectivity index (χ0v) is 19.3. The number of anilines is 1. The fourth-order valence-corrected chi connectivity index (χ4v) is 4.66. The van der Waals surface area contributed by atoms with Gasteiger partial charge in [-0.25, -0.2) is 9.78 Å². The molecule has 0 atom stereocenters. The van der Waals surface area contributed by atoms with E-state index in [1.54, 1.807) is 16.8 Å². The Bertz CT molecular complexity index is 985. The number of hydrogen-bond acceptors (Lipinski definition) is 6. The second kappa shape index (κ2) is 9.51. The highest BCUT2D eigenvalue weighted by Crippen LogP contribution is 2.40. The third-order valence-corrected chi connectivity index (χ3v) is 6.45. The van der Waals surface area contributed by atoms with Crippen LogP contribution in [0.1, 0.15) is 42.6 Å². The molecule has 7 nitrogen and oxygen atoms in total. The number of amides is 2. The molecule has 2 amide bonds. The Morgan fingerprint density at radius 2 is 2.00 bits per heavy atom. The number of hydrogen-bond donors (Lipinski definition) is 1. The number of aromatic nitrogens is 1. The fraction of sp³-hybridized carbons (Fsp3) is 0.571. The van der Waals surface area contributed by atoms with Crippen molar-refractivity contribution >= 4 is 39.4 Å². The molecule has 32 heavy (non-hydrogen) atoms. The lowest BCUT2D eigenvalue weighted by atomic mass is 10.0. The second-order valence-electron chi connectivity index (χ2n) is 8.23. The average molecular weight is 473 g/mol. The number of piperidine rings is 1. The van der Waals surface area contributed by atoms with Gasteiger partial charge in [0, 0.05) is 38.6 Å². The van der Waals surface area contributed by atoms with Gasteiger partial charge in [-0.05, 0) is 24.8 Å². The van der Waals surface area contributed by atoms with E-state index < -0.39 is 23.7 Å². The molecule has 3 heterocycles. The molecule has 0 unspecified atom stereocenters. The van der Waals surface area contributed by atoms with Crippen molar-refractivity contribution in [1.82, 2.24) is 15.2 Å². The van der Waals surface area contributed by atoms with Crippen LogP contribution in [-0.2, 0) is 10.9 Å². The van der Waals surface area contributed by atoms with Gasteiger partial charge in [0.2, 0.25) is 0 Å². The van der Waals surface area contributed by atoms with E-state index in [0.29, 0.717) is 32.5 Å². The van der Waals surface area contributed by atoms with Crippen LogP contribution in [0.3, 0.4) is 0 Å². The zero-order valence-electron chi connectivity index (χ0n) is 18.5. The highest BCUT2D eigenvalue weighted by atomic mass is 32.1. The summed E-state index contributed by atoms with van der Waals surface area (Å²) in [4.78, 5) is 32.1. The minimum absolute atomic E-state index is 0.0516. The molecule has 1 aliphatic heterocycles. The largest absolute Gasteiger partial charge is 0.449 e. The second-order valence-corrected chi connectivity index (χ2v) is 9.11. The van der Waals surface area contributed by atoms with Gasteiger partial charge in [-0.3, -0.25) is 4.79 Å². The van der Waals surface area contributed by atoms with Crippen LogP contribution in [0.2, 0.25) is 0 Å². The molecule has 3 rings (SSSR count). The third-order valence-electron chi connectivity index (χ3n) is 5.45. The van der Waals surface area contributed by atoms with Crippen LogP contribution in [0.4, 0.5) is 23.8 Å². The Labute approximate surface area is 188 Å². The Morgan fingerprint density at radius 1 is 1.34 bits per heavy atom. The molecule has 176 valence electrons. The molecular weight excluding hydrogens is 445 g/mol. The Hall–Kier alpha value is -2.56. The van der Waals surface area contributed by atoms with Crippen molar-refractivity contribution in [3.63, 3.8) is 0 Å². The Morgan fingerprint density at radius 3 is 2.56 bits per heavy atom. The standard InChI is InChI=1S/C21H27F3N4O3S/c1-12(2)10-31-20(30)27(4)13-5-7-28(8-6-13)16-9-15(21(22,23)24)18-17(26-16)14(11-32-18)19(29)25-3/h9,11-13H,5-8,10H2,1-4H3,(H,25,29). The lowest BCUT2D eigenvalue weighted by molar-refractivity contribution is -0.136. The fourth-order valence-electron chi connectivity index (χ4n) is 3.63. The van der Waals surface area contributed by atoms with E-state index in [4.69, 9.17) is 4.74 Å². The van der Waals surface area contributed by atoms with E-state index in [-0.39, 0.29) is 33.6 Å². The number of nitrogens with zero attached hydrogens (tertiary/aromatic N) is 3. The van der Waals surface area contributed by atoms with Crippen LogP contribution in [0.15, 0.2) is 11.4 Å². The lowest BCUT2D eigenvalue weighted by Crippen LogP contribution is -2.46. The summed E-state index contributed by atoms with van der Waals surface area (Å²) in [5.74, 6) is -0.0686. The highest BCUT2D eigenvalue weighted by molar-refractivity contribution is 7.17. The first-order valence-corrected chi connectivity index (χ1v) is 11.3. The molecule has 1 aliphatic rings. The van der Waals surface area contributed by atoms with Crippen molar-refractivity contribution in [3.8, 4) is 0 Å². The van der Waals surface area contributed by atoms with Crippen molar-refractivity contribution in [3.05, 3.63) is 22.6 Å². The van der Waals surface area contributed by atoms with Crippen LogP contribution >= 0.6 is 11.3 Å². The van der Waals surface area contributed by atoms with Gasteiger partial charge < -0.3 is 19.9 Å². The number of rotatable bonds is 5.